The molecule has 0 spiro atoms. The lowest BCUT2D eigenvalue weighted by Crippen LogP contribution is -2.39. The first-order valence-corrected chi connectivity index (χ1v) is 9.02. The van der Waals surface area contributed by atoms with Gasteiger partial charge in [-0.15, -0.1) is 0 Å². The summed E-state index contributed by atoms with van der Waals surface area (Å²) in [5, 5.41) is 2.89. The zero-order chi connectivity index (χ0) is 15.5. The van der Waals surface area contributed by atoms with Gasteiger partial charge in [-0.25, -0.2) is 8.42 Å². The van der Waals surface area contributed by atoms with Gasteiger partial charge in [-0.3, -0.25) is 4.79 Å². The number of benzene rings is 1. The van der Waals surface area contributed by atoms with Crippen molar-refractivity contribution in [2.24, 2.45) is 5.41 Å². The number of ether oxygens (including phenoxy) is 1. The minimum atomic E-state index is -3.76. The molecule has 0 radical (unpaired) electrons. The highest BCUT2D eigenvalue weighted by Gasteiger charge is 2.27. The third-order valence-electron chi connectivity index (χ3n) is 3.77. The monoisotopic (exact) mass is 331 g/mol. The molecule has 0 aromatic heterocycles. The summed E-state index contributed by atoms with van der Waals surface area (Å²) in [6, 6.07) is 5.56. The van der Waals surface area contributed by atoms with Gasteiger partial charge in [-0.1, -0.05) is 6.92 Å². The van der Waals surface area contributed by atoms with Crippen LogP contribution >= 0.6 is 10.7 Å². The number of hydrogen-bond donors (Lipinski definition) is 1. The summed E-state index contributed by atoms with van der Waals surface area (Å²) in [5.74, 6) is -0.221. The highest BCUT2D eigenvalue weighted by molar-refractivity contribution is 8.13. The fraction of sp³-hybridized carbons (Fsp3) is 0.500. The molecular formula is C14H18ClNO4S. The highest BCUT2D eigenvalue weighted by atomic mass is 35.7. The second-order valence-corrected chi connectivity index (χ2v) is 8.13. The van der Waals surface area contributed by atoms with Crippen LogP contribution in [0.15, 0.2) is 29.2 Å². The summed E-state index contributed by atoms with van der Waals surface area (Å²) in [7, 11) is 1.47. The van der Waals surface area contributed by atoms with Gasteiger partial charge in [-0.2, -0.15) is 0 Å². The van der Waals surface area contributed by atoms with Crippen molar-refractivity contribution >= 4 is 25.6 Å². The number of amides is 1. The Balaban J connectivity index is 1.97. The van der Waals surface area contributed by atoms with E-state index in [0.29, 0.717) is 25.3 Å². The largest absolute Gasteiger partial charge is 0.381 e. The third-order valence-corrected chi connectivity index (χ3v) is 5.14. The van der Waals surface area contributed by atoms with Crippen LogP contribution in [0.25, 0.3) is 0 Å². The standard InChI is InChI=1S/C14H18ClNO4S/c1-14(6-8-20-9-7-14)10-16-13(17)11-2-4-12(5-3-11)21(15,18)19/h2-5H,6-10H2,1H3,(H,16,17). The molecule has 0 aliphatic carbocycles. The molecule has 0 bridgehead atoms. The number of halogens is 1. The molecule has 1 fully saturated rings. The predicted molar refractivity (Wildman–Crippen MR) is 80.0 cm³/mol. The van der Waals surface area contributed by atoms with Gasteiger partial charge in [-0.05, 0) is 42.5 Å². The number of rotatable bonds is 4. The maximum Gasteiger partial charge on any atom is 0.261 e. The van der Waals surface area contributed by atoms with Crippen molar-refractivity contribution in [2.75, 3.05) is 19.8 Å². The Hall–Kier alpha value is -1.11. The molecule has 1 heterocycles. The third kappa shape index (κ3) is 4.43. The van der Waals surface area contributed by atoms with Gasteiger partial charge >= 0.3 is 0 Å². The van der Waals surface area contributed by atoms with E-state index in [4.69, 9.17) is 15.4 Å². The van der Waals surface area contributed by atoms with E-state index in [-0.39, 0.29) is 16.2 Å². The molecular weight excluding hydrogens is 314 g/mol. The van der Waals surface area contributed by atoms with E-state index in [1.54, 1.807) is 0 Å². The molecule has 0 unspecified atom stereocenters. The van der Waals surface area contributed by atoms with Crippen molar-refractivity contribution in [2.45, 2.75) is 24.7 Å². The normalized spacial score (nSPS) is 18.2. The molecule has 1 aliphatic heterocycles. The first-order valence-electron chi connectivity index (χ1n) is 6.71. The molecule has 5 nitrogen and oxygen atoms in total. The topological polar surface area (TPSA) is 72.5 Å². The van der Waals surface area contributed by atoms with Crippen LogP contribution in [0.2, 0.25) is 0 Å². The minimum absolute atomic E-state index is 0.0166. The molecule has 116 valence electrons. The summed E-state index contributed by atoms with van der Waals surface area (Å²) < 4.78 is 27.6. The van der Waals surface area contributed by atoms with Gasteiger partial charge in [0.1, 0.15) is 0 Å². The lowest BCUT2D eigenvalue weighted by atomic mass is 9.82. The van der Waals surface area contributed by atoms with Crippen molar-refractivity contribution in [3.63, 3.8) is 0 Å². The maximum atomic E-state index is 12.1. The van der Waals surface area contributed by atoms with E-state index >= 15 is 0 Å². The Labute approximate surface area is 129 Å². The average molecular weight is 332 g/mol. The predicted octanol–water partition coefficient (Wildman–Crippen LogP) is 2.16. The first kappa shape index (κ1) is 16.3. The summed E-state index contributed by atoms with van der Waals surface area (Å²) in [4.78, 5) is 12.0. The molecule has 21 heavy (non-hydrogen) atoms. The van der Waals surface area contributed by atoms with Crippen LogP contribution in [0.5, 0.6) is 0 Å². The zero-order valence-electron chi connectivity index (χ0n) is 11.8. The Morgan fingerprint density at radius 3 is 2.38 bits per heavy atom. The lowest BCUT2D eigenvalue weighted by molar-refractivity contribution is 0.0238. The van der Waals surface area contributed by atoms with E-state index in [1.165, 1.54) is 24.3 Å². The summed E-state index contributed by atoms with van der Waals surface area (Å²) in [6.07, 6.45) is 1.83. The van der Waals surface area contributed by atoms with Crippen LogP contribution in [0.1, 0.15) is 30.1 Å². The zero-order valence-corrected chi connectivity index (χ0v) is 13.3. The van der Waals surface area contributed by atoms with Crippen LogP contribution < -0.4 is 5.32 Å². The van der Waals surface area contributed by atoms with Crippen molar-refractivity contribution in [3.8, 4) is 0 Å². The summed E-state index contributed by atoms with van der Waals surface area (Å²) in [6.45, 7) is 4.13. The molecule has 1 saturated heterocycles. The number of carbonyl (C=O) groups excluding carboxylic acids is 1. The smallest absolute Gasteiger partial charge is 0.261 e. The first-order chi connectivity index (χ1) is 9.80. The summed E-state index contributed by atoms with van der Waals surface area (Å²) in [5.41, 5.74) is 0.461. The number of carbonyl (C=O) groups is 1. The van der Waals surface area contributed by atoms with E-state index in [9.17, 15) is 13.2 Å². The molecule has 1 N–H and O–H groups in total. The van der Waals surface area contributed by atoms with Gasteiger partial charge in [0.15, 0.2) is 0 Å². The molecule has 0 atom stereocenters. The van der Waals surface area contributed by atoms with Crippen molar-refractivity contribution in [1.82, 2.24) is 5.32 Å². The molecule has 1 amide bonds. The van der Waals surface area contributed by atoms with Crippen molar-refractivity contribution in [1.29, 1.82) is 0 Å². The Morgan fingerprint density at radius 2 is 1.86 bits per heavy atom. The quantitative estimate of drug-likeness (QED) is 0.858. The average Bonchev–Trinajstić information content (AvgIpc) is 2.45. The van der Waals surface area contributed by atoms with E-state index < -0.39 is 9.05 Å². The molecule has 1 aromatic carbocycles. The molecule has 1 aromatic rings. The van der Waals surface area contributed by atoms with Crippen LogP contribution in [0.4, 0.5) is 0 Å². The summed E-state index contributed by atoms with van der Waals surface area (Å²) >= 11 is 0. The molecule has 0 saturated carbocycles. The molecule has 7 heteroatoms. The van der Waals surface area contributed by atoms with Gasteiger partial charge in [0, 0.05) is 36.0 Å². The number of nitrogens with one attached hydrogen (secondary N) is 1. The Bertz CT molecular complexity index is 606. The lowest BCUT2D eigenvalue weighted by Gasteiger charge is -2.33. The second kappa shape index (κ2) is 6.34. The van der Waals surface area contributed by atoms with Gasteiger partial charge in [0.2, 0.25) is 0 Å². The number of hydrogen-bond acceptors (Lipinski definition) is 4. The molecule has 2 rings (SSSR count). The minimum Gasteiger partial charge on any atom is -0.381 e. The van der Waals surface area contributed by atoms with Crippen LogP contribution in [0, 0.1) is 5.41 Å². The van der Waals surface area contributed by atoms with Crippen molar-refractivity contribution < 1.29 is 17.9 Å². The molecule has 1 aliphatic rings. The van der Waals surface area contributed by atoms with Crippen LogP contribution in [-0.4, -0.2) is 34.1 Å². The fourth-order valence-electron chi connectivity index (χ4n) is 2.21. The van der Waals surface area contributed by atoms with Crippen LogP contribution in [0.3, 0.4) is 0 Å². The van der Waals surface area contributed by atoms with Gasteiger partial charge in [0.25, 0.3) is 15.0 Å². The van der Waals surface area contributed by atoms with Gasteiger partial charge in [0.05, 0.1) is 4.90 Å². The van der Waals surface area contributed by atoms with E-state index in [1.807, 2.05) is 0 Å². The van der Waals surface area contributed by atoms with Crippen molar-refractivity contribution in [3.05, 3.63) is 29.8 Å². The van der Waals surface area contributed by atoms with E-state index in [2.05, 4.69) is 12.2 Å². The Morgan fingerprint density at radius 1 is 1.29 bits per heavy atom. The van der Waals surface area contributed by atoms with Gasteiger partial charge < -0.3 is 10.1 Å². The Kier molecular flexibility index (Phi) is 4.91. The van der Waals surface area contributed by atoms with E-state index in [0.717, 1.165) is 12.8 Å². The SMILES string of the molecule is CC1(CNC(=O)c2ccc(S(=O)(=O)Cl)cc2)CCOCC1. The highest BCUT2D eigenvalue weighted by Crippen LogP contribution is 2.28. The van der Waals surface area contributed by atoms with Crippen LogP contribution in [-0.2, 0) is 13.8 Å². The fourth-order valence-corrected chi connectivity index (χ4v) is 2.98. The maximum absolute atomic E-state index is 12.1. The second-order valence-electron chi connectivity index (χ2n) is 5.57.